The van der Waals surface area contributed by atoms with Crippen LogP contribution in [-0.2, 0) is 13.0 Å². The van der Waals surface area contributed by atoms with Crippen LogP contribution in [0, 0.1) is 12.7 Å². The van der Waals surface area contributed by atoms with E-state index in [1.165, 1.54) is 0 Å². The number of halogens is 1. The van der Waals surface area contributed by atoms with Crippen molar-refractivity contribution in [1.29, 1.82) is 0 Å². The van der Waals surface area contributed by atoms with Crippen LogP contribution in [0.3, 0.4) is 0 Å². The molecule has 0 fully saturated rings. The van der Waals surface area contributed by atoms with Gasteiger partial charge in [-0.2, -0.15) is 0 Å². The first-order chi connectivity index (χ1) is 6.18. The molecule has 0 saturated heterocycles. The molecular formula is C11H14FN. The Kier molecular flexibility index (Phi) is 2.08. The van der Waals surface area contributed by atoms with E-state index in [0.29, 0.717) is 12.6 Å². The zero-order valence-electron chi connectivity index (χ0n) is 8.02. The summed E-state index contributed by atoms with van der Waals surface area (Å²) in [5, 5.41) is 3.27. The summed E-state index contributed by atoms with van der Waals surface area (Å²) in [5.41, 5.74) is 2.77. The quantitative estimate of drug-likeness (QED) is 0.643. The number of hydrogen-bond donors (Lipinski definition) is 1. The van der Waals surface area contributed by atoms with E-state index in [0.717, 1.165) is 23.1 Å². The van der Waals surface area contributed by atoms with Gasteiger partial charge in [0.2, 0.25) is 0 Å². The molecule has 13 heavy (non-hydrogen) atoms. The molecule has 1 unspecified atom stereocenters. The van der Waals surface area contributed by atoms with Crippen LogP contribution in [0.15, 0.2) is 12.1 Å². The van der Waals surface area contributed by atoms with E-state index in [2.05, 4.69) is 12.2 Å². The summed E-state index contributed by atoms with van der Waals surface area (Å²) in [6, 6.07) is 4.38. The maximum Gasteiger partial charge on any atom is 0.130 e. The SMILES string of the molecule is Cc1ccc2c(c1F)CNC(C)C2. The fourth-order valence-electron chi connectivity index (χ4n) is 1.84. The van der Waals surface area contributed by atoms with Gasteiger partial charge in [-0.1, -0.05) is 12.1 Å². The van der Waals surface area contributed by atoms with E-state index < -0.39 is 0 Å². The van der Waals surface area contributed by atoms with Gasteiger partial charge < -0.3 is 5.32 Å². The third kappa shape index (κ3) is 1.46. The van der Waals surface area contributed by atoms with Gasteiger partial charge in [-0.05, 0) is 31.4 Å². The molecule has 0 saturated carbocycles. The summed E-state index contributed by atoms with van der Waals surface area (Å²) < 4.78 is 13.6. The smallest absolute Gasteiger partial charge is 0.130 e. The lowest BCUT2D eigenvalue weighted by Gasteiger charge is -2.23. The minimum absolute atomic E-state index is 0.0306. The van der Waals surface area contributed by atoms with Crippen molar-refractivity contribution < 1.29 is 4.39 Å². The van der Waals surface area contributed by atoms with Crippen molar-refractivity contribution in [2.75, 3.05) is 0 Å². The van der Waals surface area contributed by atoms with Crippen LogP contribution >= 0.6 is 0 Å². The number of fused-ring (bicyclic) bond motifs is 1. The van der Waals surface area contributed by atoms with Crippen LogP contribution in [0.4, 0.5) is 4.39 Å². The van der Waals surface area contributed by atoms with E-state index in [1.807, 2.05) is 19.1 Å². The van der Waals surface area contributed by atoms with Crippen molar-refractivity contribution in [3.05, 3.63) is 34.6 Å². The van der Waals surface area contributed by atoms with Gasteiger partial charge in [-0.15, -0.1) is 0 Å². The topological polar surface area (TPSA) is 12.0 Å². The van der Waals surface area contributed by atoms with Crippen molar-refractivity contribution in [2.24, 2.45) is 0 Å². The van der Waals surface area contributed by atoms with E-state index in [9.17, 15) is 4.39 Å². The molecule has 1 heterocycles. The molecule has 1 N–H and O–H groups in total. The van der Waals surface area contributed by atoms with Gasteiger partial charge in [-0.3, -0.25) is 0 Å². The lowest BCUT2D eigenvalue weighted by molar-refractivity contribution is 0.487. The molecule has 1 aromatic rings. The minimum Gasteiger partial charge on any atom is -0.310 e. The highest BCUT2D eigenvalue weighted by molar-refractivity contribution is 5.35. The largest absolute Gasteiger partial charge is 0.310 e. The van der Waals surface area contributed by atoms with E-state index in [-0.39, 0.29) is 5.82 Å². The highest BCUT2D eigenvalue weighted by Gasteiger charge is 2.18. The number of rotatable bonds is 0. The van der Waals surface area contributed by atoms with Crippen molar-refractivity contribution in [3.8, 4) is 0 Å². The van der Waals surface area contributed by atoms with Crippen LogP contribution in [0.5, 0.6) is 0 Å². The molecule has 1 aliphatic rings. The van der Waals surface area contributed by atoms with Gasteiger partial charge >= 0.3 is 0 Å². The molecule has 0 radical (unpaired) electrons. The van der Waals surface area contributed by atoms with Gasteiger partial charge in [-0.25, -0.2) is 4.39 Å². The molecule has 70 valence electrons. The normalized spacial score (nSPS) is 21.3. The van der Waals surface area contributed by atoms with Crippen molar-refractivity contribution in [3.63, 3.8) is 0 Å². The lowest BCUT2D eigenvalue weighted by Crippen LogP contribution is -2.33. The van der Waals surface area contributed by atoms with Crippen LogP contribution in [0.25, 0.3) is 0 Å². The molecule has 1 nitrogen and oxygen atoms in total. The summed E-state index contributed by atoms with van der Waals surface area (Å²) in [6.45, 7) is 4.61. The predicted octanol–water partition coefficient (Wildman–Crippen LogP) is 2.17. The summed E-state index contributed by atoms with van der Waals surface area (Å²) in [4.78, 5) is 0. The van der Waals surface area contributed by atoms with Crippen molar-refractivity contribution in [1.82, 2.24) is 5.32 Å². The van der Waals surface area contributed by atoms with Crippen LogP contribution < -0.4 is 5.32 Å². The average molecular weight is 179 g/mol. The molecule has 0 spiro atoms. The maximum atomic E-state index is 13.6. The molecule has 1 aromatic carbocycles. The van der Waals surface area contributed by atoms with Gasteiger partial charge in [0.05, 0.1) is 0 Å². The fraction of sp³-hybridized carbons (Fsp3) is 0.455. The molecule has 1 atom stereocenters. The maximum absolute atomic E-state index is 13.6. The van der Waals surface area contributed by atoms with Crippen molar-refractivity contribution >= 4 is 0 Å². The molecule has 0 bridgehead atoms. The predicted molar refractivity (Wildman–Crippen MR) is 51.1 cm³/mol. The zero-order chi connectivity index (χ0) is 9.42. The molecule has 0 aromatic heterocycles. The second kappa shape index (κ2) is 3.11. The minimum atomic E-state index is -0.0306. The van der Waals surface area contributed by atoms with Crippen LogP contribution in [0.2, 0.25) is 0 Å². The number of aryl methyl sites for hydroxylation is 1. The van der Waals surface area contributed by atoms with Gasteiger partial charge in [0.15, 0.2) is 0 Å². The second-order valence-corrected chi connectivity index (χ2v) is 3.82. The highest BCUT2D eigenvalue weighted by atomic mass is 19.1. The Balaban J connectivity index is 2.47. The summed E-state index contributed by atoms with van der Waals surface area (Å²) >= 11 is 0. The lowest BCUT2D eigenvalue weighted by atomic mass is 9.94. The molecule has 1 aliphatic heterocycles. The first-order valence-electron chi connectivity index (χ1n) is 4.68. The first-order valence-corrected chi connectivity index (χ1v) is 4.68. The first kappa shape index (κ1) is 8.70. The number of hydrogen-bond acceptors (Lipinski definition) is 1. The zero-order valence-corrected chi connectivity index (χ0v) is 8.02. The Hall–Kier alpha value is -0.890. The van der Waals surface area contributed by atoms with Gasteiger partial charge in [0.1, 0.15) is 5.82 Å². The molecule has 2 heteroatoms. The molecule has 2 rings (SSSR count). The van der Waals surface area contributed by atoms with Crippen LogP contribution in [-0.4, -0.2) is 6.04 Å². The standard InChI is InChI=1S/C11H14FN/c1-7-3-4-9-5-8(2)13-6-10(9)11(7)12/h3-4,8,13H,5-6H2,1-2H3. The van der Waals surface area contributed by atoms with E-state index >= 15 is 0 Å². The average Bonchev–Trinajstić information content (AvgIpc) is 2.12. The van der Waals surface area contributed by atoms with E-state index in [1.54, 1.807) is 0 Å². The van der Waals surface area contributed by atoms with Gasteiger partial charge in [0.25, 0.3) is 0 Å². The van der Waals surface area contributed by atoms with Gasteiger partial charge in [0, 0.05) is 18.2 Å². The summed E-state index contributed by atoms with van der Waals surface area (Å²) in [6.07, 6.45) is 0.937. The number of benzene rings is 1. The Morgan fingerprint density at radius 1 is 1.46 bits per heavy atom. The third-order valence-corrected chi connectivity index (χ3v) is 2.69. The summed E-state index contributed by atoms with van der Waals surface area (Å²) in [5.74, 6) is -0.0306. The fourth-order valence-corrected chi connectivity index (χ4v) is 1.84. The Morgan fingerprint density at radius 2 is 2.23 bits per heavy atom. The molecule has 0 amide bonds. The van der Waals surface area contributed by atoms with Crippen LogP contribution in [0.1, 0.15) is 23.6 Å². The molecule has 0 aliphatic carbocycles. The Morgan fingerprint density at radius 3 is 3.00 bits per heavy atom. The van der Waals surface area contributed by atoms with Crippen molar-refractivity contribution in [2.45, 2.75) is 32.9 Å². The second-order valence-electron chi connectivity index (χ2n) is 3.82. The molecular weight excluding hydrogens is 165 g/mol. The van der Waals surface area contributed by atoms with E-state index in [4.69, 9.17) is 0 Å². The number of nitrogens with one attached hydrogen (secondary N) is 1. The summed E-state index contributed by atoms with van der Waals surface area (Å²) in [7, 11) is 0. The Bertz CT molecular complexity index is 333. The highest BCUT2D eigenvalue weighted by Crippen LogP contribution is 2.21. The monoisotopic (exact) mass is 179 g/mol. The Labute approximate surface area is 78.0 Å². The third-order valence-electron chi connectivity index (χ3n) is 2.69.